The number of nitrogens with zero attached hydrogens (tertiary/aromatic N) is 3. The van der Waals surface area contributed by atoms with Crippen molar-refractivity contribution in [1.82, 2.24) is 15.0 Å². The predicted octanol–water partition coefficient (Wildman–Crippen LogP) is 3.65. The van der Waals surface area contributed by atoms with E-state index in [1.807, 2.05) is 19.1 Å². The number of anilines is 1. The van der Waals surface area contributed by atoms with Crippen LogP contribution in [0.5, 0.6) is 0 Å². The summed E-state index contributed by atoms with van der Waals surface area (Å²) in [6.07, 6.45) is 5.42. The maximum absolute atomic E-state index is 12.6. The zero-order chi connectivity index (χ0) is 23.6. The first-order valence-electron chi connectivity index (χ1n) is 10.9. The molecule has 0 amide bonds. The zero-order valence-corrected chi connectivity index (χ0v) is 20.2. The Morgan fingerprint density at radius 2 is 2.12 bits per heavy atom. The lowest BCUT2D eigenvalue weighted by molar-refractivity contribution is 0.0833. The molecule has 0 aliphatic carbocycles. The van der Waals surface area contributed by atoms with Crippen molar-refractivity contribution in [3.63, 3.8) is 0 Å². The van der Waals surface area contributed by atoms with Crippen LogP contribution in [0, 0.1) is 0 Å². The van der Waals surface area contributed by atoms with Gasteiger partial charge in [-0.2, -0.15) is 0 Å². The smallest absolute Gasteiger partial charge is 0.251 e. The highest BCUT2D eigenvalue weighted by atomic mass is 35.5. The van der Waals surface area contributed by atoms with Gasteiger partial charge < -0.3 is 9.72 Å². The number of sulfonamides is 1. The first kappa shape index (κ1) is 23.7. The van der Waals surface area contributed by atoms with Gasteiger partial charge in [-0.3, -0.25) is 4.79 Å². The summed E-state index contributed by atoms with van der Waals surface area (Å²) in [7, 11) is -3.53. The molecule has 176 valence electrons. The number of fused-ring (bicyclic) bond motifs is 1. The third-order valence-corrected chi connectivity index (χ3v) is 7.34. The van der Waals surface area contributed by atoms with Gasteiger partial charge in [0.15, 0.2) is 0 Å². The number of hydrogen-bond donors (Lipinski definition) is 1. The summed E-state index contributed by atoms with van der Waals surface area (Å²) >= 11 is 6.10. The Labute approximate surface area is 198 Å². The molecule has 1 aromatic carbocycles. The minimum Gasteiger partial charge on any atom is -0.379 e. The number of hydrogen-bond acceptors (Lipinski definition) is 6. The van der Waals surface area contributed by atoms with Crippen LogP contribution in [0.2, 0.25) is 5.02 Å². The number of nitrogens with one attached hydrogen (secondary N) is 1. The molecule has 1 aliphatic heterocycles. The van der Waals surface area contributed by atoms with Crippen molar-refractivity contribution in [3.05, 3.63) is 63.3 Å². The summed E-state index contributed by atoms with van der Waals surface area (Å²) in [6.45, 7) is 2.96. The molecule has 8 nitrogen and oxygen atoms in total. The molecule has 3 aromatic rings. The lowest BCUT2D eigenvalue weighted by Gasteiger charge is -2.33. The Morgan fingerprint density at radius 1 is 1.30 bits per heavy atom. The molecule has 0 bridgehead atoms. The van der Waals surface area contributed by atoms with Gasteiger partial charge in [0.1, 0.15) is 11.6 Å². The second kappa shape index (κ2) is 9.79. The average Bonchev–Trinajstić information content (AvgIpc) is 2.77. The van der Waals surface area contributed by atoms with Crippen LogP contribution in [-0.2, 0) is 21.2 Å². The largest absolute Gasteiger partial charge is 0.379 e. The van der Waals surface area contributed by atoms with Crippen molar-refractivity contribution < 1.29 is 13.2 Å². The molecule has 1 aliphatic rings. The molecule has 2 aromatic heterocycles. The highest BCUT2D eigenvalue weighted by Gasteiger charge is 2.30. The van der Waals surface area contributed by atoms with E-state index < -0.39 is 10.0 Å². The van der Waals surface area contributed by atoms with Crippen LogP contribution in [0.3, 0.4) is 0 Å². The van der Waals surface area contributed by atoms with Gasteiger partial charge in [-0.05, 0) is 54.8 Å². The van der Waals surface area contributed by atoms with Crippen molar-refractivity contribution in [3.8, 4) is 0 Å². The maximum atomic E-state index is 12.6. The van der Waals surface area contributed by atoms with Crippen LogP contribution in [0.15, 0.2) is 41.3 Å². The van der Waals surface area contributed by atoms with Gasteiger partial charge in [-0.1, -0.05) is 18.5 Å². The van der Waals surface area contributed by atoms with E-state index in [9.17, 15) is 13.2 Å². The van der Waals surface area contributed by atoms with Gasteiger partial charge in [0.25, 0.3) is 5.56 Å². The van der Waals surface area contributed by atoms with Gasteiger partial charge in [0.2, 0.25) is 10.0 Å². The summed E-state index contributed by atoms with van der Waals surface area (Å²) in [5.41, 5.74) is 1.27. The Bertz CT molecular complexity index is 1310. The van der Waals surface area contributed by atoms with Crippen molar-refractivity contribution in [2.75, 3.05) is 23.8 Å². The number of benzene rings is 1. The number of aryl methyl sites for hydroxylation is 1. The van der Waals surface area contributed by atoms with E-state index in [4.69, 9.17) is 16.3 Å². The van der Waals surface area contributed by atoms with E-state index in [1.165, 1.54) is 10.6 Å². The fourth-order valence-corrected chi connectivity index (χ4v) is 5.56. The number of halogens is 1. The highest BCUT2D eigenvalue weighted by Crippen LogP contribution is 2.25. The number of rotatable bonds is 7. The molecule has 0 radical (unpaired) electrons. The van der Waals surface area contributed by atoms with Gasteiger partial charge >= 0.3 is 0 Å². The Kier molecular flexibility index (Phi) is 7.02. The fourth-order valence-electron chi connectivity index (χ4n) is 4.23. The number of H-pyrrole nitrogens is 1. The van der Waals surface area contributed by atoms with Crippen LogP contribution in [0.1, 0.15) is 43.5 Å². The second-order valence-corrected chi connectivity index (χ2v) is 10.8. The molecular formula is C23H27ClN4O4S. The number of pyridine rings is 1. The highest BCUT2D eigenvalue weighted by molar-refractivity contribution is 7.92. The van der Waals surface area contributed by atoms with Gasteiger partial charge in [0, 0.05) is 41.4 Å². The Hall–Kier alpha value is -2.49. The van der Waals surface area contributed by atoms with Crippen LogP contribution in [0.25, 0.3) is 10.9 Å². The van der Waals surface area contributed by atoms with Crippen molar-refractivity contribution in [2.45, 2.75) is 44.6 Å². The molecule has 3 heterocycles. The molecule has 33 heavy (non-hydrogen) atoms. The molecule has 0 spiro atoms. The topological polar surface area (TPSA) is 105 Å². The van der Waals surface area contributed by atoms with E-state index in [2.05, 4.69) is 15.0 Å². The van der Waals surface area contributed by atoms with E-state index >= 15 is 0 Å². The normalized spacial score (nSPS) is 17.7. The summed E-state index contributed by atoms with van der Waals surface area (Å²) in [5.74, 6) is 0.830. The third kappa shape index (κ3) is 5.54. The fraction of sp³-hybridized carbons (Fsp3) is 0.435. The minimum absolute atomic E-state index is 0.0536. The molecule has 1 saturated heterocycles. The van der Waals surface area contributed by atoms with Crippen LogP contribution < -0.4 is 9.86 Å². The number of aromatic amines is 1. The van der Waals surface area contributed by atoms with E-state index in [-0.39, 0.29) is 17.5 Å². The van der Waals surface area contributed by atoms with Gasteiger partial charge in [-0.25, -0.2) is 22.7 Å². The summed E-state index contributed by atoms with van der Waals surface area (Å²) in [5, 5.41) is 1.48. The first-order chi connectivity index (χ1) is 15.7. The zero-order valence-electron chi connectivity index (χ0n) is 18.6. The molecule has 1 unspecified atom stereocenters. The summed E-state index contributed by atoms with van der Waals surface area (Å²) < 4.78 is 31.9. The molecular weight excluding hydrogens is 464 g/mol. The standard InChI is InChI=1S/C23H27ClN4O4S/c1-15(19-13-16-12-17(24)6-7-20(16)26-23(19)29)5-8-21-25-10-9-22(27-21)28(33(2,30)31)18-4-3-11-32-14-18/h6-7,9-10,12-13,15,18H,3-5,8,11,14H2,1-2H3,(H,26,29)/t15-,18?/m1/s1. The molecule has 4 rings (SSSR count). The van der Waals surface area contributed by atoms with Crippen molar-refractivity contribution in [1.29, 1.82) is 0 Å². The summed E-state index contributed by atoms with van der Waals surface area (Å²) in [6, 6.07) is 8.56. The van der Waals surface area contributed by atoms with Crippen LogP contribution >= 0.6 is 11.6 Å². The maximum Gasteiger partial charge on any atom is 0.251 e. The third-order valence-electron chi connectivity index (χ3n) is 5.91. The Morgan fingerprint density at radius 3 is 2.85 bits per heavy atom. The Balaban J connectivity index is 1.53. The number of ether oxygens (including phenoxy) is 1. The molecule has 0 saturated carbocycles. The van der Waals surface area contributed by atoms with Crippen LogP contribution in [-0.4, -0.2) is 48.9 Å². The lowest BCUT2D eigenvalue weighted by atomic mass is 9.96. The molecule has 10 heteroatoms. The second-order valence-electron chi connectivity index (χ2n) is 8.49. The monoisotopic (exact) mass is 490 g/mol. The van der Waals surface area contributed by atoms with Crippen molar-refractivity contribution >= 4 is 38.3 Å². The predicted molar refractivity (Wildman–Crippen MR) is 130 cm³/mol. The average molecular weight is 491 g/mol. The minimum atomic E-state index is -3.53. The van der Waals surface area contributed by atoms with Crippen molar-refractivity contribution in [2.24, 2.45) is 0 Å². The molecule has 1 fully saturated rings. The molecule has 2 atom stereocenters. The lowest BCUT2D eigenvalue weighted by Crippen LogP contribution is -2.45. The molecule has 1 N–H and O–H groups in total. The SMILES string of the molecule is C[C@H](CCc1nccc(N(C2CCCOC2)S(C)(=O)=O)n1)c1cc2cc(Cl)ccc2[nH]c1=O. The van der Waals surface area contributed by atoms with E-state index in [0.29, 0.717) is 48.3 Å². The van der Waals surface area contributed by atoms with E-state index in [1.54, 1.807) is 24.4 Å². The summed E-state index contributed by atoms with van der Waals surface area (Å²) in [4.78, 5) is 24.4. The first-order valence-corrected chi connectivity index (χ1v) is 13.2. The number of aromatic nitrogens is 3. The van der Waals surface area contributed by atoms with E-state index in [0.717, 1.165) is 23.7 Å². The van der Waals surface area contributed by atoms with Crippen LogP contribution in [0.4, 0.5) is 5.82 Å². The van der Waals surface area contributed by atoms with Gasteiger partial charge in [0.05, 0.1) is 18.9 Å². The quantitative estimate of drug-likeness (QED) is 0.542. The van der Waals surface area contributed by atoms with Gasteiger partial charge in [-0.15, -0.1) is 0 Å².